The van der Waals surface area contributed by atoms with Crippen molar-refractivity contribution < 1.29 is 22.8 Å². The number of hydrogen-bond acceptors (Lipinski definition) is 5. The van der Waals surface area contributed by atoms with Crippen LogP contribution in [0.25, 0.3) is 5.69 Å². The van der Waals surface area contributed by atoms with Crippen molar-refractivity contribution in [1.29, 1.82) is 0 Å². The first kappa shape index (κ1) is 25.1. The zero-order chi connectivity index (χ0) is 26.7. The molecule has 5 rings (SSSR count). The fraction of sp³-hybridized carbons (Fsp3) is 0.222. The van der Waals surface area contributed by atoms with Gasteiger partial charge in [-0.25, -0.2) is 9.67 Å². The van der Waals surface area contributed by atoms with Crippen molar-refractivity contribution in [3.8, 4) is 5.69 Å². The second kappa shape index (κ2) is 10.4. The average molecular weight is 521 g/mol. The van der Waals surface area contributed by atoms with E-state index in [-0.39, 0.29) is 17.5 Å². The van der Waals surface area contributed by atoms with Crippen molar-refractivity contribution in [2.24, 2.45) is 0 Å². The second-order valence-electron chi connectivity index (χ2n) is 8.93. The molecular formula is C27H23F3N6O2. The molecule has 0 aliphatic carbocycles. The number of nitrogens with zero attached hydrogens (tertiary/aromatic N) is 5. The van der Waals surface area contributed by atoms with Crippen molar-refractivity contribution in [2.75, 3.05) is 18.4 Å². The Morgan fingerprint density at radius 2 is 1.71 bits per heavy atom. The molecule has 11 heteroatoms. The summed E-state index contributed by atoms with van der Waals surface area (Å²) < 4.78 is 40.3. The number of rotatable bonds is 5. The summed E-state index contributed by atoms with van der Waals surface area (Å²) in [5.41, 5.74) is 1.38. The third-order valence-corrected chi connectivity index (χ3v) is 6.43. The van der Waals surface area contributed by atoms with Crippen LogP contribution in [0.4, 0.5) is 18.9 Å². The number of amides is 2. The topological polar surface area (TPSA) is 93.0 Å². The highest BCUT2D eigenvalue weighted by atomic mass is 19.4. The van der Waals surface area contributed by atoms with Crippen molar-refractivity contribution in [2.45, 2.75) is 24.9 Å². The Bertz CT molecular complexity index is 1430. The van der Waals surface area contributed by atoms with Crippen LogP contribution in [-0.4, -0.2) is 49.6 Å². The number of pyridine rings is 2. The summed E-state index contributed by atoms with van der Waals surface area (Å²) in [6.45, 7) is 1.20. The maximum Gasteiger partial charge on any atom is 0.433 e. The molecule has 0 saturated carbocycles. The summed E-state index contributed by atoms with van der Waals surface area (Å²) in [4.78, 5) is 34.7. The summed E-state index contributed by atoms with van der Waals surface area (Å²) in [7, 11) is 0. The van der Waals surface area contributed by atoms with Crippen LogP contribution in [0, 0.1) is 0 Å². The molecule has 1 aliphatic heterocycles. The quantitative estimate of drug-likeness (QED) is 0.402. The molecule has 8 nitrogen and oxygen atoms in total. The van der Waals surface area contributed by atoms with Crippen molar-refractivity contribution in [1.82, 2.24) is 24.6 Å². The monoisotopic (exact) mass is 520 g/mol. The molecule has 0 unspecified atom stereocenters. The molecule has 1 aromatic carbocycles. The summed E-state index contributed by atoms with van der Waals surface area (Å²) in [6.07, 6.45) is 3.54. The minimum absolute atomic E-state index is 0.0696. The highest BCUT2D eigenvalue weighted by Crippen LogP contribution is 2.30. The Labute approximate surface area is 216 Å². The van der Waals surface area contributed by atoms with Gasteiger partial charge in [0.25, 0.3) is 11.8 Å². The fourth-order valence-electron chi connectivity index (χ4n) is 4.41. The summed E-state index contributed by atoms with van der Waals surface area (Å²) in [5.74, 6) is -0.547. The van der Waals surface area contributed by atoms with E-state index in [0.29, 0.717) is 24.3 Å². The molecule has 1 saturated heterocycles. The van der Waals surface area contributed by atoms with Gasteiger partial charge >= 0.3 is 6.18 Å². The van der Waals surface area contributed by atoms with Crippen molar-refractivity contribution >= 4 is 17.5 Å². The first-order valence-electron chi connectivity index (χ1n) is 12.0. The number of benzene rings is 1. The van der Waals surface area contributed by atoms with E-state index >= 15 is 0 Å². The lowest BCUT2D eigenvalue weighted by atomic mass is 9.89. The Hall–Kier alpha value is -4.54. The molecule has 0 bridgehead atoms. The molecule has 4 aromatic rings. The van der Waals surface area contributed by atoms with E-state index in [1.807, 2.05) is 23.1 Å². The van der Waals surface area contributed by atoms with Crippen LogP contribution in [0.1, 0.15) is 50.9 Å². The van der Waals surface area contributed by atoms with Crippen LogP contribution in [0.5, 0.6) is 0 Å². The number of nitrogens with one attached hydrogen (secondary N) is 1. The van der Waals surface area contributed by atoms with E-state index < -0.39 is 17.8 Å². The first-order valence-corrected chi connectivity index (χ1v) is 12.0. The van der Waals surface area contributed by atoms with Gasteiger partial charge in [-0.2, -0.15) is 18.3 Å². The minimum Gasteiger partial charge on any atom is -0.339 e. The maximum absolute atomic E-state index is 13.0. The van der Waals surface area contributed by atoms with Gasteiger partial charge in [0.15, 0.2) is 0 Å². The highest BCUT2D eigenvalue weighted by Gasteiger charge is 2.33. The molecule has 3 aromatic heterocycles. The van der Waals surface area contributed by atoms with Gasteiger partial charge in [0, 0.05) is 31.2 Å². The maximum atomic E-state index is 13.0. The van der Waals surface area contributed by atoms with E-state index in [9.17, 15) is 22.8 Å². The Morgan fingerprint density at radius 3 is 2.39 bits per heavy atom. The van der Waals surface area contributed by atoms with Gasteiger partial charge in [0.1, 0.15) is 11.4 Å². The normalized spacial score (nSPS) is 14.3. The van der Waals surface area contributed by atoms with Crippen LogP contribution >= 0.6 is 0 Å². The lowest BCUT2D eigenvalue weighted by Crippen LogP contribution is -2.37. The van der Waals surface area contributed by atoms with E-state index in [2.05, 4.69) is 20.4 Å². The van der Waals surface area contributed by atoms with Crippen LogP contribution in [0.3, 0.4) is 0 Å². The molecule has 38 heavy (non-hydrogen) atoms. The predicted octanol–water partition coefficient (Wildman–Crippen LogP) is 4.95. The van der Waals surface area contributed by atoms with Crippen LogP contribution in [0.15, 0.2) is 79.4 Å². The number of hydrogen-bond donors (Lipinski definition) is 1. The average Bonchev–Trinajstić information content (AvgIpc) is 3.44. The van der Waals surface area contributed by atoms with Crippen LogP contribution in [0.2, 0.25) is 0 Å². The number of piperidine rings is 1. The number of carbonyl (C=O) groups excluding carboxylic acids is 2. The van der Waals surface area contributed by atoms with Crippen LogP contribution < -0.4 is 5.32 Å². The molecule has 1 aliphatic rings. The zero-order valence-corrected chi connectivity index (χ0v) is 20.1. The molecular weight excluding hydrogens is 497 g/mol. The zero-order valence-electron chi connectivity index (χ0n) is 20.1. The molecule has 2 amide bonds. The lowest BCUT2D eigenvalue weighted by molar-refractivity contribution is -0.141. The second-order valence-corrected chi connectivity index (χ2v) is 8.93. The Morgan fingerprint density at radius 1 is 0.947 bits per heavy atom. The summed E-state index contributed by atoms with van der Waals surface area (Å²) in [5, 5.41) is 6.86. The number of likely N-dealkylation sites (tertiary alicyclic amines) is 1. The lowest BCUT2D eigenvalue weighted by Gasteiger charge is -2.32. The van der Waals surface area contributed by atoms with Gasteiger partial charge in [0.05, 0.1) is 23.6 Å². The van der Waals surface area contributed by atoms with E-state index in [0.717, 1.165) is 36.2 Å². The van der Waals surface area contributed by atoms with Crippen LogP contribution in [-0.2, 0) is 6.18 Å². The van der Waals surface area contributed by atoms with E-state index in [1.165, 1.54) is 6.07 Å². The summed E-state index contributed by atoms with van der Waals surface area (Å²) >= 11 is 0. The molecule has 194 valence electrons. The molecule has 1 N–H and O–H groups in total. The van der Waals surface area contributed by atoms with Gasteiger partial charge in [-0.05, 0) is 60.7 Å². The molecule has 0 spiro atoms. The predicted molar refractivity (Wildman–Crippen MR) is 133 cm³/mol. The molecule has 4 heterocycles. The summed E-state index contributed by atoms with van der Waals surface area (Å²) in [6, 6.07) is 14.1. The molecule has 0 radical (unpaired) electrons. The number of alkyl halides is 3. The van der Waals surface area contributed by atoms with Crippen molar-refractivity contribution in [3.63, 3.8) is 0 Å². The SMILES string of the molecule is O=C(Nc1ccc(C2CCN(C(=O)c3cnn(-c4cccnc4)c3)CC2)cc1)c1cccc(C(F)(F)F)n1. The van der Waals surface area contributed by atoms with Gasteiger partial charge < -0.3 is 10.2 Å². The number of anilines is 1. The first-order chi connectivity index (χ1) is 18.3. The van der Waals surface area contributed by atoms with E-state index in [1.54, 1.807) is 47.7 Å². The largest absolute Gasteiger partial charge is 0.433 e. The van der Waals surface area contributed by atoms with Gasteiger partial charge in [0.2, 0.25) is 0 Å². The third kappa shape index (κ3) is 5.56. The Balaban J connectivity index is 1.16. The molecule has 1 fully saturated rings. The van der Waals surface area contributed by atoms with Gasteiger partial charge in [-0.15, -0.1) is 0 Å². The molecule has 0 atom stereocenters. The highest BCUT2D eigenvalue weighted by molar-refractivity contribution is 6.02. The van der Waals surface area contributed by atoms with Gasteiger partial charge in [-0.1, -0.05) is 18.2 Å². The standard InChI is InChI=1S/C27H23F3N6O2/c28-27(29,30)24-5-1-4-23(34-24)25(37)33-21-8-6-18(7-9-21)19-10-13-35(14-11-19)26(38)20-15-32-36(17-20)22-3-2-12-31-16-22/h1-9,12,15-17,19H,10-11,13-14H2,(H,33,37). The fourth-order valence-corrected chi connectivity index (χ4v) is 4.41. The number of carbonyl (C=O) groups is 2. The number of aromatic nitrogens is 4. The van der Waals surface area contributed by atoms with Gasteiger partial charge in [-0.3, -0.25) is 14.6 Å². The third-order valence-electron chi connectivity index (χ3n) is 6.43. The Kier molecular flexibility index (Phi) is 6.91. The van der Waals surface area contributed by atoms with Crippen molar-refractivity contribution in [3.05, 3.63) is 102 Å². The van der Waals surface area contributed by atoms with E-state index in [4.69, 9.17) is 0 Å². The minimum atomic E-state index is -4.63. The number of halogens is 3. The smallest absolute Gasteiger partial charge is 0.339 e.